The maximum absolute atomic E-state index is 6.42. The molecule has 0 saturated heterocycles. The van der Waals surface area contributed by atoms with Gasteiger partial charge in [0.2, 0.25) is 0 Å². The van der Waals surface area contributed by atoms with Gasteiger partial charge in [-0.2, -0.15) is 0 Å². The molecule has 2 aliphatic carbocycles. The summed E-state index contributed by atoms with van der Waals surface area (Å²) in [6.07, 6.45) is 8.29. The van der Waals surface area contributed by atoms with Crippen LogP contribution in [0.3, 0.4) is 0 Å². The van der Waals surface area contributed by atoms with Gasteiger partial charge in [-0.25, -0.2) is 0 Å². The minimum absolute atomic E-state index is 0.334. The highest BCUT2D eigenvalue weighted by atomic mass is 35.5. The van der Waals surface area contributed by atoms with Gasteiger partial charge in [0.05, 0.1) is 18.3 Å². The Morgan fingerprint density at radius 3 is 2.59 bits per heavy atom. The predicted octanol–water partition coefficient (Wildman–Crippen LogP) is 6.80. The van der Waals surface area contributed by atoms with Gasteiger partial charge in [-0.05, 0) is 61.1 Å². The molecule has 0 atom stereocenters. The minimum Gasteiger partial charge on any atom is -0.490 e. The van der Waals surface area contributed by atoms with Crippen molar-refractivity contribution in [3.8, 4) is 16.9 Å². The van der Waals surface area contributed by atoms with Crippen molar-refractivity contribution in [1.82, 2.24) is 4.98 Å². The van der Waals surface area contributed by atoms with Crippen LogP contribution >= 0.6 is 23.2 Å². The van der Waals surface area contributed by atoms with E-state index < -0.39 is 0 Å². The van der Waals surface area contributed by atoms with Crippen molar-refractivity contribution < 1.29 is 9.47 Å². The second-order valence-electron chi connectivity index (χ2n) is 7.75. The van der Waals surface area contributed by atoms with Crippen molar-refractivity contribution in [3.05, 3.63) is 82.1 Å². The van der Waals surface area contributed by atoms with Crippen molar-refractivity contribution in [3.63, 3.8) is 0 Å². The molecular formula is C24H21Cl2NO2. The maximum Gasteiger partial charge on any atom is 0.127 e. The van der Waals surface area contributed by atoms with Gasteiger partial charge in [0, 0.05) is 33.6 Å². The van der Waals surface area contributed by atoms with E-state index in [1.54, 1.807) is 6.07 Å². The van der Waals surface area contributed by atoms with E-state index >= 15 is 0 Å². The van der Waals surface area contributed by atoms with Gasteiger partial charge in [-0.15, -0.1) is 0 Å². The van der Waals surface area contributed by atoms with Crippen LogP contribution in [0.5, 0.6) is 5.75 Å². The third kappa shape index (κ3) is 4.00. The molecule has 2 saturated carbocycles. The second-order valence-corrected chi connectivity index (χ2v) is 8.60. The highest BCUT2D eigenvalue weighted by molar-refractivity contribution is 6.35. The Balaban J connectivity index is 1.45. The van der Waals surface area contributed by atoms with Crippen molar-refractivity contribution in [2.45, 2.75) is 44.0 Å². The molecular weight excluding hydrogens is 405 g/mol. The normalized spacial score (nSPS) is 17.2. The average Bonchev–Trinajstić information content (AvgIpc) is 3.65. The summed E-state index contributed by atoms with van der Waals surface area (Å²) >= 11 is 12.3. The molecule has 2 aromatic carbocycles. The molecule has 2 aliphatic rings. The molecule has 2 fully saturated rings. The molecule has 5 rings (SSSR count). The van der Waals surface area contributed by atoms with Crippen LogP contribution in [0.2, 0.25) is 10.0 Å². The largest absolute Gasteiger partial charge is 0.490 e. The fraction of sp³-hybridized carbons (Fsp3) is 0.292. The van der Waals surface area contributed by atoms with Crippen molar-refractivity contribution in [1.29, 1.82) is 0 Å². The molecule has 3 aromatic rings. The first-order valence-electron chi connectivity index (χ1n) is 9.93. The summed E-state index contributed by atoms with van der Waals surface area (Å²) < 4.78 is 12.6. The Morgan fingerprint density at radius 2 is 1.83 bits per heavy atom. The van der Waals surface area contributed by atoms with Crippen LogP contribution in [0.15, 0.2) is 60.9 Å². The van der Waals surface area contributed by atoms with Crippen LogP contribution in [0, 0.1) is 0 Å². The van der Waals surface area contributed by atoms with Crippen molar-refractivity contribution in [2.24, 2.45) is 0 Å². The van der Waals surface area contributed by atoms with Crippen LogP contribution < -0.4 is 4.74 Å². The second kappa shape index (κ2) is 7.64. The number of hydrogen-bond donors (Lipinski definition) is 0. The number of hydrogen-bond acceptors (Lipinski definition) is 3. The first-order chi connectivity index (χ1) is 14.1. The number of benzene rings is 2. The highest BCUT2D eigenvalue weighted by Crippen LogP contribution is 2.53. The molecule has 0 radical (unpaired) electrons. The van der Waals surface area contributed by atoms with E-state index in [0.29, 0.717) is 22.8 Å². The molecule has 0 unspecified atom stereocenters. The van der Waals surface area contributed by atoms with Crippen LogP contribution in [0.25, 0.3) is 11.1 Å². The van der Waals surface area contributed by atoms with Gasteiger partial charge in [-0.1, -0.05) is 47.5 Å². The highest BCUT2D eigenvalue weighted by Gasteiger charge is 2.47. The van der Waals surface area contributed by atoms with E-state index in [1.807, 2.05) is 42.7 Å². The van der Waals surface area contributed by atoms with E-state index in [0.717, 1.165) is 53.7 Å². The molecule has 0 N–H and O–H groups in total. The molecule has 0 spiro atoms. The van der Waals surface area contributed by atoms with Gasteiger partial charge in [-0.3, -0.25) is 4.98 Å². The number of para-hydroxylation sites is 1. The summed E-state index contributed by atoms with van der Waals surface area (Å²) in [5.74, 6) is 0.930. The molecule has 29 heavy (non-hydrogen) atoms. The average molecular weight is 426 g/mol. The first-order valence-corrected chi connectivity index (χ1v) is 10.7. The fourth-order valence-corrected chi connectivity index (χ4v) is 4.07. The lowest BCUT2D eigenvalue weighted by molar-refractivity contribution is 0.0174. The fourth-order valence-electron chi connectivity index (χ4n) is 3.61. The number of ether oxygens (including phenoxy) is 2. The van der Waals surface area contributed by atoms with Gasteiger partial charge >= 0.3 is 0 Å². The third-order valence-electron chi connectivity index (χ3n) is 5.53. The predicted molar refractivity (Wildman–Crippen MR) is 115 cm³/mol. The van der Waals surface area contributed by atoms with E-state index in [-0.39, 0.29) is 5.60 Å². The van der Waals surface area contributed by atoms with E-state index in [9.17, 15) is 0 Å². The maximum atomic E-state index is 6.42. The quantitative estimate of drug-likeness (QED) is 0.416. The van der Waals surface area contributed by atoms with Crippen molar-refractivity contribution in [2.75, 3.05) is 0 Å². The summed E-state index contributed by atoms with van der Waals surface area (Å²) in [7, 11) is 0. The molecule has 3 nitrogen and oxygen atoms in total. The SMILES string of the molecule is Clc1ccc(COC2(c3cnccc3-c3ccccc3OC3CC3)CC2)c(Cl)c1. The Morgan fingerprint density at radius 1 is 1.00 bits per heavy atom. The van der Waals surface area contributed by atoms with Gasteiger partial charge < -0.3 is 9.47 Å². The zero-order valence-corrected chi connectivity index (χ0v) is 17.4. The van der Waals surface area contributed by atoms with E-state index in [1.165, 1.54) is 0 Å². The summed E-state index contributed by atoms with van der Waals surface area (Å²) in [5, 5.41) is 1.25. The van der Waals surface area contributed by atoms with E-state index in [2.05, 4.69) is 17.1 Å². The van der Waals surface area contributed by atoms with Gasteiger partial charge in [0.1, 0.15) is 5.75 Å². The van der Waals surface area contributed by atoms with E-state index in [4.69, 9.17) is 32.7 Å². The van der Waals surface area contributed by atoms with Crippen LogP contribution in [-0.4, -0.2) is 11.1 Å². The summed E-state index contributed by atoms with van der Waals surface area (Å²) in [6.45, 7) is 0.435. The molecule has 1 heterocycles. The summed E-state index contributed by atoms with van der Waals surface area (Å²) in [6, 6.07) is 15.8. The molecule has 5 heteroatoms. The van der Waals surface area contributed by atoms with Gasteiger partial charge in [0.15, 0.2) is 0 Å². The van der Waals surface area contributed by atoms with Crippen LogP contribution in [-0.2, 0) is 16.9 Å². The van der Waals surface area contributed by atoms with Crippen LogP contribution in [0.1, 0.15) is 36.8 Å². The monoisotopic (exact) mass is 425 g/mol. The number of aromatic nitrogens is 1. The third-order valence-corrected chi connectivity index (χ3v) is 6.12. The number of pyridine rings is 1. The van der Waals surface area contributed by atoms with Crippen LogP contribution in [0.4, 0.5) is 0 Å². The molecule has 0 aliphatic heterocycles. The number of rotatable bonds is 7. The Hall–Kier alpha value is -2.07. The van der Waals surface area contributed by atoms with Gasteiger partial charge in [0.25, 0.3) is 0 Å². The zero-order valence-electron chi connectivity index (χ0n) is 15.9. The Kier molecular flexibility index (Phi) is 4.99. The molecule has 1 aromatic heterocycles. The summed E-state index contributed by atoms with van der Waals surface area (Å²) in [4.78, 5) is 4.40. The summed E-state index contributed by atoms with van der Waals surface area (Å²) in [5.41, 5.74) is 3.92. The van der Waals surface area contributed by atoms with Crippen molar-refractivity contribution >= 4 is 23.2 Å². The number of nitrogens with zero attached hydrogens (tertiary/aromatic N) is 1. The first kappa shape index (κ1) is 18.9. The smallest absolute Gasteiger partial charge is 0.127 e. The lowest BCUT2D eigenvalue weighted by Gasteiger charge is -2.22. The lowest BCUT2D eigenvalue weighted by Crippen LogP contribution is -2.14. The Bertz CT molecular complexity index is 1040. The number of halogens is 2. The Labute approximate surface area is 180 Å². The standard InChI is InChI=1S/C24H21Cl2NO2/c25-17-6-5-16(22(26)13-17)15-28-24(10-11-24)21-14-27-12-9-19(21)20-3-1-2-4-23(20)29-18-7-8-18/h1-6,9,12-14,18H,7-8,10-11,15H2. The zero-order chi connectivity index (χ0) is 19.8. The topological polar surface area (TPSA) is 31.4 Å². The molecule has 148 valence electrons. The minimum atomic E-state index is -0.334. The lowest BCUT2D eigenvalue weighted by atomic mass is 9.96. The molecule has 0 amide bonds. The molecule has 0 bridgehead atoms.